The third kappa shape index (κ3) is 9.81. The lowest BCUT2D eigenvalue weighted by atomic mass is 10.1. The Balaban J connectivity index is 4.40. The molecule has 0 spiro atoms. The summed E-state index contributed by atoms with van der Waals surface area (Å²) in [7, 11) is -8.19. The van der Waals surface area contributed by atoms with Crippen LogP contribution in [0.1, 0.15) is 46.0 Å². The van der Waals surface area contributed by atoms with E-state index in [0.717, 1.165) is 19.3 Å². The molecule has 0 aliphatic heterocycles. The summed E-state index contributed by atoms with van der Waals surface area (Å²) in [6.45, 7) is 3.92. The second kappa shape index (κ2) is 8.08. The molecule has 1 N–H and O–H groups in total. The van der Waals surface area contributed by atoms with Gasteiger partial charge in [0.2, 0.25) is 0 Å². The van der Waals surface area contributed by atoms with Gasteiger partial charge in [0.1, 0.15) is 0 Å². The SMILES string of the molecule is CCCCC(CCC)OS(=O)(=O)CCS(=O)(=O)O. The first-order valence-corrected chi connectivity index (χ1v) is 9.25. The zero-order chi connectivity index (χ0) is 14.2. The van der Waals surface area contributed by atoms with Crippen molar-refractivity contribution >= 4 is 20.2 Å². The first-order valence-electron chi connectivity index (χ1n) is 6.06. The Morgan fingerprint density at radius 2 is 1.61 bits per heavy atom. The first-order chi connectivity index (χ1) is 8.20. The number of hydrogen-bond donors (Lipinski definition) is 1. The molecule has 0 rings (SSSR count). The average Bonchev–Trinajstić information content (AvgIpc) is 2.22. The summed E-state index contributed by atoms with van der Waals surface area (Å²) < 4.78 is 57.5. The molecule has 0 aliphatic carbocycles. The molecule has 0 aromatic carbocycles. The lowest BCUT2D eigenvalue weighted by molar-refractivity contribution is 0.184. The summed E-state index contributed by atoms with van der Waals surface area (Å²) in [6.07, 6.45) is 3.44. The van der Waals surface area contributed by atoms with Gasteiger partial charge in [-0.3, -0.25) is 8.74 Å². The largest absolute Gasteiger partial charge is 0.286 e. The maximum Gasteiger partial charge on any atom is 0.268 e. The van der Waals surface area contributed by atoms with Crippen LogP contribution in [0.3, 0.4) is 0 Å². The summed E-state index contributed by atoms with van der Waals surface area (Å²) in [5, 5.41) is 0. The highest BCUT2D eigenvalue weighted by molar-refractivity contribution is 7.90. The van der Waals surface area contributed by atoms with Gasteiger partial charge in [-0.15, -0.1) is 0 Å². The van der Waals surface area contributed by atoms with Crippen molar-refractivity contribution in [1.29, 1.82) is 0 Å². The van der Waals surface area contributed by atoms with Crippen LogP contribution in [-0.2, 0) is 24.4 Å². The lowest BCUT2D eigenvalue weighted by Gasteiger charge is -2.16. The quantitative estimate of drug-likeness (QED) is 0.486. The summed E-state index contributed by atoms with van der Waals surface area (Å²) in [6, 6.07) is 0. The van der Waals surface area contributed by atoms with E-state index in [1.54, 1.807) is 0 Å². The normalized spacial score (nSPS) is 14.6. The standard InChI is InChI=1S/C10H22O6S2/c1-3-5-7-10(6-4-2)16-18(14,15)9-8-17(11,12)13/h10H,3-9H2,1-2H3,(H,11,12,13). The van der Waals surface area contributed by atoms with E-state index in [0.29, 0.717) is 12.8 Å². The Morgan fingerprint density at radius 3 is 2.06 bits per heavy atom. The Morgan fingerprint density at radius 1 is 1.00 bits per heavy atom. The van der Waals surface area contributed by atoms with Crippen molar-refractivity contribution in [3.8, 4) is 0 Å². The maximum absolute atomic E-state index is 11.5. The van der Waals surface area contributed by atoms with Crippen molar-refractivity contribution in [3.05, 3.63) is 0 Å². The van der Waals surface area contributed by atoms with Crippen LogP contribution in [0.15, 0.2) is 0 Å². The molecule has 0 bridgehead atoms. The van der Waals surface area contributed by atoms with E-state index >= 15 is 0 Å². The van der Waals surface area contributed by atoms with Crippen LogP contribution in [0.5, 0.6) is 0 Å². The molecule has 0 fully saturated rings. The second-order valence-electron chi connectivity index (χ2n) is 4.20. The van der Waals surface area contributed by atoms with Crippen molar-refractivity contribution in [2.75, 3.05) is 11.5 Å². The fourth-order valence-electron chi connectivity index (χ4n) is 1.46. The van der Waals surface area contributed by atoms with Crippen LogP contribution in [0.25, 0.3) is 0 Å². The van der Waals surface area contributed by atoms with E-state index in [1.165, 1.54) is 0 Å². The summed E-state index contributed by atoms with van der Waals surface area (Å²) in [5.74, 6) is -1.54. The minimum atomic E-state index is -4.28. The molecule has 18 heavy (non-hydrogen) atoms. The third-order valence-corrected chi connectivity index (χ3v) is 4.61. The van der Waals surface area contributed by atoms with E-state index in [-0.39, 0.29) is 0 Å². The van der Waals surface area contributed by atoms with Gasteiger partial charge in [-0.05, 0) is 12.8 Å². The molecule has 0 aromatic heterocycles. The van der Waals surface area contributed by atoms with Gasteiger partial charge in [0.15, 0.2) is 0 Å². The van der Waals surface area contributed by atoms with Gasteiger partial charge in [-0.1, -0.05) is 33.1 Å². The molecular weight excluding hydrogens is 280 g/mol. The van der Waals surface area contributed by atoms with Crippen molar-refractivity contribution in [2.24, 2.45) is 0 Å². The minimum absolute atomic E-state index is 0.402. The van der Waals surface area contributed by atoms with Crippen molar-refractivity contribution in [1.82, 2.24) is 0 Å². The molecule has 8 heteroatoms. The van der Waals surface area contributed by atoms with Crippen LogP contribution in [0.2, 0.25) is 0 Å². The molecule has 0 aromatic rings. The van der Waals surface area contributed by atoms with Gasteiger partial charge in [-0.2, -0.15) is 16.8 Å². The highest BCUT2D eigenvalue weighted by Gasteiger charge is 2.21. The molecule has 0 amide bonds. The molecule has 0 saturated heterocycles. The number of unbranched alkanes of at least 4 members (excludes halogenated alkanes) is 1. The number of rotatable bonds is 10. The second-order valence-corrected chi connectivity index (χ2v) is 7.49. The molecular formula is C10H22O6S2. The van der Waals surface area contributed by atoms with Crippen LogP contribution in [0.4, 0.5) is 0 Å². The average molecular weight is 302 g/mol. The third-order valence-electron chi connectivity index (χ3n) is 2.36. The predicted molar refractivity (Wildman–Crippen MR) is 69.5 cm³/mol. The van der Waals surface area contributed by atoms with E-state index in [1.807, 2.05) is 13.8 Å². The van der Waals surface area contributed by atoms with Crippen LogP contribution < -0.4 is 0 Å². The van der Waals surface area contributed by atoms with Gasteiger partial charge in [0.05, 0.1) is 17.6 Å². The highest BCUT2D eigenvalue weighted by Crippen LogP contribution is 2.14. The number of hydrogen-bond acceptors (Lipinski definition) is 5. The summed E-state index contributed by atoms with van der Waals surface area (Å²) in [5.41, 5.74) is 0. The smallest absolute Gasteiger partial charge is 0.268 e. The van der Waals surface area contributed by atoms with Gasteiger partial charge < -0.3 is 0 Å². The van der Waals surface area contributed by atoms with Gasteiger partial charge in [-0.25, -0.2) is 0 Å². The zero-order valence-corrected chi connectivity index (χ0v) is 12.5. The molecule has 0 saturated carbocycles. The molecule has 0 aliphatic rings. The highest BCUT2D eigenvalue weighted by atomic mass is 32.2. The molecule has 110 valence electrons. The van der Waals surface area contributed by atoms with E-state index in [2.05, 4.69) is 0 Å². The van der Waals surface area contributed by atoms with Gasteiger partial charge in [0.25, 0.3) is 20.2 Å². The first kappa shape index (κ1) is 17.8. The molecule has 1 atom stereocenters. The summed E-state index contributed by atoms with van der Waals surface area (Å²) >= 11 is 0. The molecule has 1 unspecified atom stereocenters. The lowest BCUT2D eigenvalue weighted by Crippen LogP contribution is -2.24. The van der Waals surface area contributed by atoms with E-state index in [9.17, 15) is 16.8 Å². The topological polar surface area (TPSA) is 97.7 Å². The predicted octanol–water partition coefficient (Wildman–Crippen LogP) is 1.58. The Labute approximate surface area is 110 Å². The molecule has 0 radical (unpaired) electrons. The molecule has 0 heterocycles. The van der Waals surface area contributed by atoms with Crippen molar-refractivity contribution in [2.45, 2.75) is 52.1 Å². The van der Waals surface area contributed by atoms with E-state index < -0.39 is 37.8 Å². The van der Waals surface area contributed by atoms with Crippen LogP contribution in [-0.4, -0.2) is 39.0 Å². The zero-order valence-electron chi connectivity index (χ0n) is 10.8. The van der Waals surface area contributed by atoms with Gasteiger partial charge in [0, 0.05) is 0 Å². The monoisotopic (exact) mass is 302 g/mol. The Bertz CT molecular complexity index is 412. The summed E-state index contributed by atoms with van der Waals surface area (Å²) in [4.78, 5) is 0. The minimum Gasteiger partial charge on any atom is -0.286 e. The van der Waals surface area contributed by atoms with Gasteiger partial charge >= 0.3 is 0 Å². The fraction of sp³-hybridized carbons (Fsp3) is 1.00. The Kier molecular flexibility index (Phi) is 8.00. The van der Waals surface area contributed by atoms with Crippen molar-refractivity contribution in [3.63, 3.8) is 0 Å². The van der Waals surface area contributed by atoms with Crippen LogP contribution >= 0.6 is 0 Å². The van der Waals surface area contributed by atoms with Crippen molar-refractivity contribution < 1.29 is 25.6 Å². The Hall–Kier alpha value is -0.180. The molecule has 6 nitrogen and oxygen atoms in total. The fourth-order valence-corrected chi connectivity index (χ4v) is 3.82. The van der Waals surface area contributed by atoms with Crippen LogP contribution in [0, 0.1) is 0 Å². The van der Waals surface area contributed by atoms with E-state index in [4.69, 9.17) is 8.74 Å². The maximum atomic E-state index is 11.5.